The molecular weight excluding hydrogens is 266 g/mol. The van der Waals surface area contributed by atoms with Crippen LogP contribution in [0.25, 0.3) is 0 Å². The standard InChI is InChI=1S/C17H23NO3/c1-16(2)10-6-7-17(16,3)14(8-10)21-15(20)12-9-11(19)4-5-13(12)18/h4-5,9-10,14,19H,6-8,18H2,1-3H3. The van der Waals surface area contributed by atoms with Crippen LogP contribution in [0.15, 0.2) is 18.2 Å². The Kier molecular flexibility index (Phi) is 2.98. The van der Waals surface area contributed by atoms with Gasteiger partial charge in [0.05, 0.1) is 5.56 Å². The Balaban J connectivity index is 1.82. The predicted octanol–water partition coefficient (Wildman–Crippen LogP) is 3.35. The molecule has 2 saturated carbocycles. The number of hydrogen-bond acceptors (Lipinski definition) is 4. The number of esters is 1. The number of phenols is 1. The second-order valence-electron chi connectivity index (χ2n) is 7.28. The minimum absolute atomic E-state index is 0.0237. The van der Waals surface area contributed by atoms with Crippen molar-refractivity contribution in [3.05, 3.63) is 23.8 Å². The van der Waals surface area contributed by atoms with Crippen molar-refractivity contribution in [2.75, 3.05) is 5.73 Å². The van der Waals surface area contributed by atoms with Gasteiger partial charge in [-0.15, -0.1) is 0 Å². The average Bonchev–Trinajstić information content (AvgIpc) is 2.74. The molecule has 0 radical (unpaired) electrons. The Morgan fingerprint density at radius 2 is 2.10 bits per heavy atom. The van der Waals surface area contributed by atoms with Crippen molar-refractivity contribution in [2.45, 2.75) is 46.1 Å². The molecule has 1 aromatic rings. The van der Waals surface area contributed by atoms with Crippen molar-refractivity contribution in [3.63, 3.8) is 0 Å². The Morgan fingerprint density at radius 1 is 1.38 bits per heavy atom. The highest BCUT2D eigenvalue weighted by Crippen LogP contribution is 2.66. The van der Waals surface area contributed by atoms with Gasteiger partial charge in [0.15, 0.2) is 0 Å². The van der Waals surface area contributed by atoms with E-state index in [-0.39, 0.29) is 28.2 Å². The minimum atomic E-state index is -0.432. The van der Waals surface area contributed by atoms with Gasteiger partial charge in [0.25, 0.3) is 0 Å². The second-order valence-corrected chi connectivity index (χ2v) is 7.28. The van der Waals surface area contributed by atoms with Gasteiger partial charge in [0, 0.05) is 11.1 Å². The lowest BCUT2D eigenvalue weighted by atomic mass is 9.70. The van der Waals surface area contributed by atoms with Gasteiger partial charge < -0.3 is 15.6 Å². The van der Waals surface area contributed by atoms with Gasteiger partial charge in [0.1, 0.15) is 11.9 Å². The molecule has 0 aromatic heterocycles. The molecule has 4 nitrogen and oxygen atoms in total. The lowest BCUT2D eigenvalue weighted by molar-refractivity contribution is -0.0241. The summed E-state index contributed by atoms with van der Waals surface area (Å²) in [6.07, 6.45) is 3.17. The number of hydrogen-bond donors (Lipinski definition) is 2. The zero-order chi connectivity index (χ0) is 15.4. The van der Waals surface area contributed by atoms with Crippen LogP contribution in [0.3, 0.4) is 0 Å². The maximum atomic E-state index is 12.4. The van der Waals surface area contributed by atoms with E-state index in [2.05, 4.69) is 20.8 Å². The summed E-state index contributed by atoms with van der Waals surface area (Å²) in [4.78, 5) is 12.4. The molecule has 4 heteroatoms. The van der Waals surface area contributed by atoms with Gasteiger partial charge >= 0.3 is 5.97 Å². The van der Waals surface area contributed by atoms with Gasteiger partial charge in [-0.25, -0.2) is 4.79 Å². The fourth-order valence-corrected chi connectivity index (χ4v) is 4.22. The summed E-state index contributed by atoms with van der Waals surface area (Å²) in [5.41, 5.74) is 6.63. The van der Waals surface area contributed by atoms with Crippen molar-refractivity contribution < 1.29 is 14.6 Å². The molecule has 2 bridgehead atoms. The van der Waals surface area contributed by atoms with E-state index in [1.54, 1.807) is 0 Å². The molecule has 0 amide bonds. The molecule has 2 aliphatic rings. The van der Waals surface area contributed by atoms with Crippen LogP contribution in [0, 0.1) is 16.7 Å². The molecule has 0 spiro atoms. The topological polar surface area (TPSA) is 72.5 Å². The van der Waals surface area contributed by atoms with Crippen LogP contribution < -0.4 is 5.73 Å². The van der Waals surface area contributed by atoms with Crippen LogP contribution in [0.4, 0.5) is 5.69 Å². The number of rotatable bonds is 2. The van der Waals surface area contributed by atoms with Gasteiger partial charge in [0.2, 0.25) is 0 Å². The number of anilines is 1. The molecular formula is C17H23NO3. The molecule has 0 saturated heterocycles. The summed E-state index contributed by atoms with van der Waals surface area (Å²) in [6.45, 7) is 6.78. The molecule has 3 N–H and O–H groups in total. The third-order valence-corrected chi connectivity index (χ3v) is 6.22. The van der Waals surface area contributed by atoms with E-state index < -0.39 is 5.97 Å². The Labute approximate surface area is 125 Å². The molecule has 114 valence electrons. The quantitative estimate of drug-likeness (QED) is 0.497. The molecule has 3 rings (SSSR count). The summed E-state index contributed by atoms with van der Waals surface area (Å²) in [6, 6.07) is 4.37. The van der Waals surface area contributed by atoms with Crippen molar-refractivity contribution >= 4 is 11.7 Å². The highest BCUT2D eigenvalue weighted by Gasteiger charge is 2.62. The zero-order valence-electron chi connectivity index (χ0n) is 12.8. The van der Waals surface area contributed by atoms with Crippen molar-refractivity contribution in [1.29, 1.82) is 0 Å². The molecule has 0 heterocycles. The van der Waals surface area contributed by atoms with Crippen LogP contribution in [0.1, 0.15) is 50.4 Å². The fourth-order valence-electron chi connectivity index (χ4n) is 4.22. The van der Waals surface area contributed by atoms with E-state index in [0.717, 1.165) is 12.8 Å². The van der Waals surface area contributed by atoms with Gasteiger partial charge in [-0.1, -0.05) is 20.8 Å². The lowest BCUT2D eigenvalue weighted by Gasteiger charge is -2.38. The number of fused-ring (bicyclic) bond motifs is 2. The molecule has 3 unspecified atom stereocenters. The van der Waals surface area contributed by atoms with Gasteiger partial charge in [-0.2, -0.15) is 0 Å². The van der Waals surface area contributed by atoms with E-state index >= 15 is 0 Å². The maximum Gasteiger partial charge on any atom is 0.340 e. The molecule has 21 heavy (non-hydrogen) atoms. The first-order valence-corrected chi connectivity index (χ1v) is 7.55. The SMILES string of the molecule is CC1(C)C2CCC1(C)C(OC(=O)c1cc(O)ccc1N)C2. The zero-order valence-corrected chi connectivity index (χ0v) is 12.8. The van der Waals surface area contributed by atoms with Crippen LogP contribution in [-0.4, -0.2) is 17.2 Å². The lowest BCUT2D eigenvalue weighted by Crippen LogP contribution is -2.38. The predicted molar refractivity (Wildman–Crippen MR) is 81.0 cm³/mol. The Bertz CT molecular complexity index is 596. The van der Waals surface area contributed by atoms with E-state index in [0.29, 0.717) is 11.6 Å². The smallest absolute Gasteiger partial charge is 0.340 e. The van der Waals surface area contributed by atoms with Gasteiger partial charge in [-0.3, -0.25) is 0 Å². The van der Waals surface area contributed by atoms with Crippen LogP contribution in [-0.2, 0) is 4.74 Å². The number of carbonyl (C=O) groups is 1. The average molecular weight is 289 g/mol. The number of aromatic hydroxyl groups is 1. The Hall–Kier alpha value is -1.71. The van der Waals surface area contributed by atoms with Crippen molar-refractivity contribution in [1.82, 2.24) is 0 Å². The van der Waals surface area contributed by atoms with Crippen LogP contribution in [0.2, 0.25) is 0 Å². The molecule has 3 atom stereocenters. The minimum Gasteiger partial charge on any atom is -0.508 e. The summed E-state index contributed by atoms with van der Waals surface area (Å²) in [5, 5.41) is 9.52. The van der Waals surface area contributed by atoms with E-state index in [1.807, 2.05) is 0 Å². The van der Waals surface area contributed by atoms with Crippen molar-refractivity contribution in [3.8, 4) is 5.75 Å². The second kappa shape index (κ2) is 4.39. The Morgan fingerprint density at radius 3 is 2.67 bits per heavy atom. The molecule has 2 fully saturated rings. The summed E-state index contributed by atoms with van der Waals surface area (Å²) in [7, 11) is 0. The summed E-state index contributed by atoms with van der Waals surface area (Å²) >= 11 is 0. The van der Waals surface area contributed by atoms with Crippen LogP contribution in [0.5, 0.6) is 5.75 Å². The number of benzene rings is 1. The van der Waals surface area contributed by atoms with E-state index in [9.17, 15) is 9.90 Å². The number of nitrogen functional groups attached to an aromatic ring is 1. The third kappa shape index (κ3) is 1.92. The van der Waals surface area contributed by atoms with E-state index in [1.165, 1.54) is 24.6 Å². The number of carbonyl (C=O) groups excluding carboxylic acids is 1. The van der Waals surface area contributed by atoms with Gasteiger partial charge in [-0.05, 0) is 48.8 Å². The third-order valence-electron chi connectivity index (χ3n) is 6.22. The normalized spacial score (nSPS) is 33.1. The maximum absolute atomic E-state index is 12.4. The fraction of sp³-hybridized carbons (Fsp3) is 0.588. The highest BCUT2D eigenvalue weighted by molar-refractivity contribution is 5.95. The first-order chi connectivity index (χ1) is 9.75. The number of ether oxygens (including phenoxy) is 1. The molecule has 0 aliphatic heterocycles. The van der Waals surface area contributed by atoms with E-state index in [4.69, 9.17) is 10.5 Å². The first kappa shape index (κ1) is 14.2. The highest BCUT2D eigenvalue weighted by atomic mass is 16.5. The largest absolute Gasteiger partial charge is 0.508 e. The van der Waals surface area contributed by atoms with Crippen LogP contribution >= 0.6 is 0 Å². The van der Waals surface area contributed by atoms with Crippen molar-refractivity contribution in [2.24, 2.45) is 16.7 Å². The first-order valence-electron chi connectivity index (χ1n) is 7.55. The summed E-state index contributed by atoms with van der Waals surface area (Å²) < 4.78 is 5.78. The molecule has 1 aromatic carbocycles. The monoisotopic (exact) mass is 289 g/mol. The molecule has 2 aliphatic carbocycles. The summed E-state index contributed by atoms with van der Waals surface area (Å²) in [5.74, 6) is 0.204. The number of nitrogens with two attached hydrogens (primary N) is 1. The number of phenolic OH excluding ortho intramolecular Hbond substituents is 1.